The maximum absolute atomic E-state index is 12.1. The molecule has 6 heteroatoms. The van der Waals surface area contributed by atoms with E-state index >= 15 is 0 Å². The van der Waals surface area contributed by atoms with Gasteiger partial charge in [0, 0.05) is 5.38 Å². The van der Waals surface area contributed by atoms with Gasteiger partial charge in [-0.3, -0.25) is 4.72 Å². The third-order valence-electron chi connectivity index (χ3n) is 2.63. The molecule has 4 nitrogen and oxygen atoms in total. The van der Waals surface area contributed by atoms with Crippen LogP contribution < -0.4 is 4.72 Å². The van der Waals surface area contributed by atoms with Crippen LogP contribution in [0.5, 0.6) is 0 Å². The average molecular weight is 282 g/mol. The Hall–Kier alpha value is -1.40. The first-order chi connectivity index (χ1) is 8.38. The predicted molar refractivity (Wildman–Crippen MR) is 73.6 cm³/mol. The van der Waals surface area contributed by atoms with Gasteiger partial charge in [0.05, 0.1) is 10.6 Å². The van der Waals surface area contributed by atoms with Gasteiger partial charge in [0.25, 0.3) is 10.0 Å². The van der Waals surface area contributed by atoms with E-state index in [1.54, 1.807) is 23.6 Å². The average Bonchev–Trinajstić information content (AvgIpc) is 2.67. The lowest BCUT2D eigenvalue weighted by Gasteiger charge is -2.07. The number of nitrogens with one attached hydrogen (secondary N) is 1. The van der Waals surface area contributed by atoms with Crippen LogP contribution in [0.2, 0.25) is 0 Å². The van der Waals surface area contributed by atoms with Crippen molar-refractivity contribution in [3.05, 3.63) is 40.4 Å². The number of hydrogen-bond donors (Lipinski definition) is 1. The van der Waals surface area contributed by atoms with E-state index in [1.807, 2.05) is 20.8 Å². The van der Waals surface area contributed by atoms with E-state index < -0.39 is 10.0 Å². The number of aromatic nitrogens is 1. The first-order valence-corrected chi connectivity index (χ1v) is 7.77. The monoisotopic (exact) mass is 282 g/mol. The normalized spacial score (nSPS) is 11.5. The highest BCUT2D eigenvalue weighted by Crippen LogP contribution is 2.21. The van der Waals surface area contributed by atoms with E-state index in [4.69, 9.17) is 0 Å². The molecule has 0 aliphatic carbocycles. The van der Waals surface area contributed by atoms with Gasteiger partial charge in [-0.25, -0.2) is 13.4 Å². The van der Waals surface area contributed by atoms with Crippen LogP contribution in [0.25, 0.3) is 0 Å². The summed E-state index contributed by atoms with van der Waals surface area (Å²) in [6.07, 6.45) is 0. The lowest BCUT2D eigenvalue weighted by molar-refractivity contribution is 0.601. The van der Waals surface area contributed by atoms with Crippen molar-refractivity contribution in [1.82, 2.24) is 4.98 Å². The molecule has 0 fully saturated rings. The third kappa shape index (κ3) is 2.70. The van der Waals surface area contributed by atoms with Crippen LogP contribution in [0.1, 0.15) is 16.8 Å². The van der Waals surface area contributed by atoms with Crippen molar-refractivity contribution in [1.29, 1.82) is 0 Å². The summed E-state index contributed by atoms with van der Waals surface area (Å²) in [7, 11) is -3.54. The maximum atomic E-state index is 12.1. The molecule has 1 aromatic carbocycles. The Balaban J connectivity index is 2.33. The molecule has 1 N–H and O–H groups in total. The molecule has 0 unspecified atom stereocenters. The van der Waals surface area contributed by atoms with Crippen molar-refractivity contribution < 1.29 is 8.42 Å². The van der Waals surface area contributed by atoms with Crippen molar-refractivity contribution in [2.45, 2.75) is 25.7 Å². The molecule has 0 saturated heterocycles. The summed E-state index contributed by atoms with van der Waals surface area (Å²) in [5, 5.41) is 2.20. The van der Waals surface area contributed by atoms with Gasteiger partial charge >= 0.3 is 0 Å². The Bertz CT molecular complexity index is 675. The summed E-state index contributed by atoms with van der Waals surface area (Å²) in [6, 6.07) is 5.07. The summed E-state index contributed by atoms with van der Waals surface area (Å²) >= 11 is 1.28. The number of anilines is 1. The standard InChI is InChI=1S/C12H14N2O2S2/c1-8-4-5-11(6-9(8)2)18(15,16)14-12-13-10(3)7-17-12/h4-7H,1-3H3,(H,13,14). The van der Waals surface area contributed by atoms with Crippen LogP contribution in [0.15, 0.2) is 28.5 Å². The molecule has 0 atom stereocenters. The first-order valence-electron chi connectivity index (χ1n) is 5.41. The molecular weight excluding hydrogens is 268 g/mol. The number of aryl methyl sites for hydroxylation is 3. The molecule has 18 heavy (non-hydrogen) atoms. The molecular formula is C12H14N2O2S2. The fraction of sp³-hybridized carbons (Fsp3) is 0.250. The number of nitrogens with zero attached hydrogens (tertiary/aromatic N) is 1. The number of sulfonamides is 1. The van der Waals surface area contributed by atoms with Crippen LogP contribution in [0, 0.1) is 20.8 Å². The van der Waals surface area contributed by atoms with E-state index in [0.717, 1.165) is 16.8 Å². The van der Waals surface area contributed by atoms with E-state index in [2.05, 4.69) is 9.71 Å². The summed E-state index contributed by atoms with van der Waals surface area (Å²) in [4.78, 5) is 4.35. The highest BCUT2D eigenvalue weighted by atomic mass is 32.2. The van der Waals surface area contributed by atoms with E-state index in [9.17, 15) is 8.42 Å². The van der Waals surface area contributed by atoms with Crippen molar-refractivity contribution in [2.24, 2.45) is 0 Å². The SMILES string of the molecule is Cc1csc(NS(=O)(=O)c2ccc(C)c(C)c2)n1. The lowest BCUT2D eigenvalue weighted by atomic mass is 10.1. The predicted octanol–water partition coefficient (Wildman–Crippen LogP) is 2.87. The van der Waals surface area contributed by atoms with Crippen LogP contribution >= 0.6 is 11.3 Å². The van der Waals surface area contributed by atoms with Gasteiger partial charge in [0.2, 0.25) is 0 Å². The van der Waals surface area contributed by atoms with Crippen LogP contribution in [-0.2, 0) is 10.0 Å². The van der Waals surface area contributed by atoms with Crippen molar-refractivity contribution in [3.8, 4) is 0 Å². The van der Waals surface area contributed by atoms with Gasteiger partial charge in [-0.15, -0.1) is 11.3 Å². The Kier molecular flexibility index (Phi) is 3.41. The second-order valence-corrected chi connectivity index (χ2v) is 6.69. The smallest absolute Gasteiger partial charge is 0.255 e. The zero-order valence-electron chi connectivity index (χ0n) is 10.4. The maximum Gasteiger partial charge on any atom is 0.263 e. The second kappa shape index (κ2) is 4.70. The van der Waals surface area contributed by atoms with Gasteiger partial charge in [0.1, 0.15) is 0 Å². The Morgan fingerprint density at radius 1 is 1.17 bits per heavy atom. The first kappa shape index (κ1) is 13.0. The number of thiazole rings is 1. The fourth-order valence-corrected chi connectivity index (χ4v) is 3.48. The zero-order chi connectivity index (χ0) is 13.3. The highest BCUT2D eigenvalue weighted by molar-refractivity contribution is 7.93. The largest absolute Gasteiger partial charge is 0.263 e. The van der Waals surface area contributed by atoms with Crippen molar-refractivity contribution >= 4 is 26.5 Å². The molecule has 1 heterocycles. The molecule has 0 saturated carbocycles. The van der Waals surface area contributed by atoms with E-state index in [0.29, 0.717) is 5.13 Å². The van der Waals surface area contributed by atoms with Crippen LogP contribution in [0.3, 0.4) is 0 Å². The second-order valence-electron chi connectivity index (χ2n) is 4.15. The fourth-order valence-electron chi connectivity index (χ4n) is 1.46. The topological polar surface area (TPSA) is 59.1 Å². The summed E-state index contributed by atoms with van der Waals surface area (Å²) in [5.41, 5.74) is 2.82. The molecule has 1 aromatic heterocycles. The van der Waals surface area contributed by atoms with Crippen LogP contribution in [-0.4, -0.2) is 13.4 Å². The molecule has 2 aromatic rings. The minimum Gasteiger partial charge on any atom is -0.255 e. The van der Waals surface area contributed by atoms with Gasteiger partial charge in [0.15, 0.2) is 5.13 Å². The van der Waals surface area contributed by atoms with E-state index in [1.165, 1.54) is 11.3 Å². The summed E-state index contributed by atoms with van der Waals surface area (Å²) < 4.78 is 26.7. The molecule has 2 rings (SSSR count). The van der Waals surface area contributed by atoms with Crippen molar-refractivity contribution in [2.75, 3.05) is 4.72 Å². The zero-order valence-corrected chi connectivity index (χ0v) is 12.0. The molecule has 0 amide bonds. The van der Waals surface area contributed by atoms with Gasteiger partial charge < -0.3 is 0 Å². The highest BCUT2D eigenvalue weighted by Gasteiger charge is 2.16. The molecule has 96 valence electrons. The molecule has 0 aliphatic rings. The Morgan fingerprint density at radius 2 is 1.89 bits per heavy atom. The van der Waals surface area contributed by atoms with Crippen LogP contribution in [0.4, 0.5) is 5.13 Å². The Labute approximate surface area is 111 Å². The summed E-state index contributed by atoms with van der Waals surface area (Å²) in [6.45, 7) is 5.66. The quantitative estimate of drug-likeness (QED) is 0.941. The minimum absolute atomic E-state index is 0.262. The number of hydrogen-bond acceptors (Lipinski definition) is 4. The van der Waals surface area contributed by atoms with Crippen molar-refractivity contribution in [3.63, 3.8) is 0 Å². The van der Waals surface area contributed by atoms with Gasteiger partial charge in [-0.05, 0) is 44.0 Å². The minimum atomic E-state index is -3.54. The molecule has 0 aliphatic heterocycles. The third-order valence-corrected chi connectivity index (χ3v) is 4.97. The lowest BCUT2D eigenvalue weighted by Crippen LogP contribution is -2.13. The molecule has 0 spiro atoms. The van der Waals surface area contributed by atoms with Gasteiger partial charge in [-0.2, -0.15) is 0 Å². The Morgan fingerprint density at radius 3 is 2.44 bits per heavy atom. The molecule has 0 radical (unpaired) electrons. The molecule has 0 bridgehead atoms. The number of benzene rings is 1. The summed E-state index contributed by atoms with van der Waals surface area (Å²) in [5.74, 6) is 0. The van der Waals surface area contributed by atoms with Gasteiger partial charge in [-0.1, -0.05) is 6.07 Å². The van der Waals surface area contributed by atoms with E-state index in [-0.39, 0.29) is 4.90 Å². The number of rotatable bonds is 3.